The van der Waals surface area contributed by atoms with Crippen LogP contribution in [0.4, 0.5) is 0 Å². The molecule has 0 aromatic rings. The molecule has 1 heterocycles. The molecule has 2 heteroatoms. The molecule has 0 aromatic heterocycles. The summed E-state index contributed by atoms with van der Waals surface area (Å²) in [5, 5.41) is 0. The van der Waals surface area contributed by atoms with Gasteiger partial charge in [-0.05, 0) is 19.3 Å². The molecular formula is C15H26O2. The largest absolute Gasteiger partial charge is 0.414 e. The van der Waals surface area contributed by atoms with Crippen LogP contribution in [0.5, 0.6) is 0 Å². The Morgan fingerprint density at radius 3 is 2.71 bits per heavy atom. The summed E-state index contributed by atoms with van der Waals surface area (Å²) in [5.41, 5.74) is 0. The molecule has 98 valence electrons. The van der Waals surface area contributed by atoms with E-state index in [0.29, 0.717) is 0 Å². The second-order valence-corrected chi connectivity index (χ2v) is 4.71. The fraction of sp³-hybridized carbons (Fsp3) is 0.867. The predicted octanol–water partition coefficient (Wildman–Crippen LogP) is 4.24. The average molecular weight is 238 g/mol. The van der Waals surface area contributed by atoms with Crippen molar-refractivity contribution in [3.8, 4) is 12.0 Å². The standard InChI is InChI=1S/C15H26O2/c1-2-3-4-5-6-7-8-10-13-16-15-12-9-11-14-17-15/h15H,2-9,11-12,14H2,1H3. The molecule has 1 saturated heterocycles. The van der Waals surface area contributed by atoms with Gasteiger partial charge in [0.1, 0.15) is 6.11 Å². The van der Waals surface area contributed by atoms with E-state index in [9.17, 15) is 0 Å². The van der Waals surface area contributed by atoms with Crippen LogP contribution in [-0.2, 0) is 9.47 Å². The number of ether oxygens (including phenoxy) is 2. The number of hydrogen-bond donors (Lipinski definition) is 0. The van der Waals surface area contributed by atoms with Crippen LogP contribution in [0.3, 0.4) is 0 Å². The SMILES string of the molecule is CCCCCCCCC#COC1CCCCO1. The summed E-state index contributed by atoms with van der Waals surface area (Å²) in [5.74, 6) is 3.07. The molecule has 1 aliphatic heterocycles. The molecule has 1 aliphatic rings. The Labute approximate surface area is 106 Å². The smallest absolute Gasteiger partial charge is 0.210 e. The van der Waals surface area contributed by atoms with Gasteiger partial charge in [-0.15, -0.1) is 0 Å². The summed E-state index contributed by atoms with van der Waals surface area (Å²) >= 11 is 0. The maximum Gasteiger partial charge on any atom is 0.210 e. The van der Waals surface area contributed by atoms with Crippen molar-refractivity contribution in [2.45, 2.75) is 77.4 Å². The van der Waals surface area contributed by atoms with Crippen LogP contribution in [0.15, 0.2) is 0 Å². The Hall–Kier alpha value is -0.680. The number of unbranched alkanes of at least 4 members (excludes halogenated alkanes) is 6. The van der Waals surface area contributed by atoms with Crippen LogP contribution in [0.1, 0.15) is 71.1 Å². The predicted molar refractivity (Wildman–Crippen MR) is 70.4 cm³/mol. The van der Waals surface area contributed by atoms with Gasteiger partial charge >= 0.3 is 0 Å². The quantitative estimate of drug-likeness (QED) is 0.488. The van der Waals surface area contributed by atoms with Gasteiger partial charge in [0.15, 0.2) is 0 Å². The van der Waals surface area contributed by atoms with Gasteiger partial charge < -0.3 is 9.47 Å². The molecule has 1 rings (SSSR count). The molecule has 17 heavy (non-hydrogen) atoms. The third kappa shape index (κ3) is 8.10. The summed E-state index contributed by atoms with van der Waals surface area (Å²) in [7, 11) is 0. The van der Waals surface area contributed by atoms with Crippen LogP contribution in [0.25, 0.3) is 0 Å². The molecule has 0 N–H and O–H groups in total. The average Bonchev–Trinajstić information content (AvgIpc) is 2.38. The minimum atomic E-state index is -0.0687. The molecule has 0 aliphatic carbocycles. The maximum atomic E-state index is 5.43. The lowest BCUT2D eigenvalue weighted by Gasteiger charge is -2.19. The van der Waals surface area contributed by atoms with Crippen molar-refractivity contribution >= 4 is 0 Å². The zero-order valence-electron chi connectivity index (χ0n) is 11.2. The van der Waals surface area contributed by atoms with E-state index in [4.69, 9.17) is 9.47 Å². The first-order valence-electron chi connectivity index (χ1n) is 7.18. The molecule has 0 radical (unpaired) electrons. The van der Waals surface area contributed by atoms with E-state index < -0.39 is 0 Å². The van der Waals surface area contributed by atoms with Crippen LogP contribution in [-0.4, -0.2) is 12.9 Å². The van der Waals surface area contributed by atoms with Crippen molar-refractivity contribution in [3.63, 3.8) is 0 Å². The second kappa shape index (κ2) is 10.5. The first kappa shape index (κ1) is 14.4. The van der Waals surface area contributed by atoms with Gasteiger partial charge in [0, 0.05) is 12.8 Å². The lowest BCUT2D eigenvalue weighted by Crippen LogP contribution is -2.20. The maximum absolute atomic E-state index is 5.43. The summed E-state index contributed by atoms with van der Waals surface area (Å²) in [6.45, 7) is 3.07. The van der Waals surface area contributed by atoms with E-state index in [1.54, 1.807) is 0 Å². The highest BCUT2D eigenvalue weighted by molar-refractivity contribution is 4.91. The molecule has 1 atom stereocenters. The van der Waals surface area contributed by atoms with Crippen molar-refractivity contribution in [1.82, 2.24) is 0 Å². The summed E-state index contributed by atoms with van der Waals surface area (Å²) < 4.78 is 10.8. The molecule has 0 bridgehead atoms. The Balaban J connectivity index is 1.88. The molecule has 0 aromatic carbocycles. The van der Waals surface area contributed by atoms with Crippen LogP contribution in [0.2, 0.25) is 0 Å². The fourth-order valence-corrected chi connectivity index (χ4v) is 1.96. The molecule has 1 unspecified atom stereocenters. The zero-order valence-corrected chi connectivity index (χ0v) is 11.2. The van der Waals surface area contributed by atoms with Gasteiger partial charge in [0.2, 0.25) is 6.29 Å². The van der Waals surface area contributed by atoms with E-state index in [0.717, 1.165) is 25.9 Å². The van der Waals surface area contributed by atoms with Crippen molar-refractivity contribution in [1.29, 1.82) is 0 Å². The second-order valence-electron chi connectivity index (χ2n) is 4.71. The van der Waals surface area contributed by atoms with E-state index in [1.807, 2.05) is 0 Å². The van der Waals surface area contributed by atoms with Gasteiger partial charge in [-0.25, -0.2) is 0 Å². The molecule has 0 saturated carbocycles. The van der Waals surface area contributed by atoms with E-state index >= 15 is 0 Å². The summed E-state index contributed by atoms with van der Waals surface area (Å²) in [6.07, 6.45) is 14.9. The lowest BCUT2D eigenvalue weighted by molar-refractivity contribution is -0.121. The van der Waals surface area contributed by atoms with Crippen LogP contribution < -0.4 is 0 Å². The van der Waals surface area contributed by atoms with E-state index in [-0.39, 0.29) is 6.29 Å². The minimum Gasteiger partial charge on any atom is -0.414 e. The molecule has 0 amide bonds. The lowest BCUT2D eigenvalue weighted by atomic mass is 10.1. The number of hydrogen-bond acceptors (Lipinski definition) is 2. The highest BCUT2D eigenvalue weighted by atomic mass is 16.7. The van der Waals surface area contributed by atoms with Crippen molar-refractivity contribution in [2.75, 3.05) is 6.61 Å². The third-order valence-electron chi connectivity index (χ3n) is 3.06. The van der Waals surface area contributed by atoms with Crippen molar-refractivity contribution < 1.29 is 9.47 Å². The highest BCUT2D eigenvalue weighted by Crippen LogP contribution is 2.13. The Bertz CT molecular complexity index is 221. The normalized spacial score (nSPS) is 19.5. The van der Waals surface area contributed by atoms with Crippen LogP contribution in [0, 0.1) is 12.0 Å². The Morgan fingerprint density at radius 1 is 1.12 bits per heavy atom. The molecule has 0 spiro atoms. The van der Waals surface area contributed by atoms with Gasteiger partial charge in [-0.3, -0.25) is 0 Å². The van der Waals surface area contributed by atoms with Crippen molar-refractivity contribution in [3.05, 3.63) is 0 Å². The zero-order chi connectivity index (χ0) is 12.2. The summed E-state index contributed by atoms with van der Waals surface area (Å²) in [4.78, 5) is 0. The van der Waals surface area contributed by atoms with Crippen molar-refractivity contribution in [2.24, 2.45) is 0 Å². The molecule has 2 nitrogen and oxygen atoms in total. The van der Waals surface area contributed by atoms with Crippen LogP contribution >= 0.6 is 0 Å². The topological polar surface area (TPSA) is 18.5 Å². The molecule has 1 fully saturated rings. The molecular weight excluding hydrogens is 212 g/mol. The number of rotatable bonds is 7. The summed E-state index contributed by atoms with van der Waals surface area (Å²) in [6, 6.07) is 0. The monoisotopic (exact) mass is 238 g/mol. The highest BCUT2D eigenvalue weighted by Gasteiger charge is 2.12. The first-order chi connectivity index (χ1) is 8.43. The Kier molecular flexibility index (Phi) is 8.86. The first-order valence-corrected chi connectivity index (χ1v) is 7.18. The van der Waals surface area contributed by atoms with Gasteiger partial charge in [0.05, 0.1) is 6.61 Å². The fourth-order valence-electron chi connectivity index (χ4n) is 1.96. The minimum absolute atomic E-state index is 0.0687. The van der Waals surface area contributed by atoms with E-state index in [1.165, 1.54) is 44.9 Å². The van der Waals surface area contributed by atoms with E-state index in [2.05, 4.69) is 19.0 Å². The Morgan fingerprint density at radius 2 is 1.94 bits per heavy atom. The van der Waals surface area contributed by atoms with Gasteiger partial charge in [-0.2, -0.15) is 0 Å². The third-order valence-corrected chi connectivity index (χ3v) is 3.06. The van der Waals surface area contributed by atoms with Gasteiger partial charge in [-0.1, -0.05) is 44.9 Å². The van der Waals surface area contributed by atoms with Gasteiger partial charge in [0.25, 0.3) is 0 Å².